The van der Waals surface area contributed by atoms with Crippen molar-refractivity contribution >= 4 is 11.6 Å². The summed E-state index contributed by atoms with van der Waals surface area (Å²) in [6.07, 6.45) is 2.95. The van der Waals surface area contributed by atoms with Crippen molar-refractivity contribution in [2.24, 2.45) is 5.92 Å². The van der Waals surface area contributed by atoms with Gasteiger partial charge in [0.15, 0.2) is 5.65 Å². The lowest BCUT2D eigenvalue weighted by molar-refractivity contribution is 0.138. The molecule has 5 heteroatoms. The number of nitrogens with one attached hydrogen (secondary N) is 1. The van der Waals surface area contributed by atoms with Gasteiger partial charge in [-0.05, 0) is 31.9 Å². The normalized spacial score (nSPS) is 23.7. The summed E-state index contributed by atoms with van der Waals surface area (Å²) in [6, 6.07) is 5.92. The first-order valence-corrected chi connectivity index (χ1v) is 6.48. The molecule has 3 rings (SSSR count). The van der Waals surface area contributed by atoms with Crippen LogP contribution < -0.4 is 5.32 Å². The van der Waals surface area contributed by atoms with Crippen molar-refractivity contribution in [1.82, 2.24) is 14.6 Å². The van der Waals surface area contributed by atoms with Crippen LogP contribution in [-0.4, -0.2) is 32.4 Å². The van der Waals surface area contributed by atoms with E-state index in [1.165, 1.54) is 0 Å². The van der Waals surface area contributed by atoms with Gasteiger partial charge in [0, 0.05) is 18.2 Å². The summed E-state index contributed by atoms with van der Waals surface area (Å²) >= 11 is 0. The molecule has 0 saturated heterocycles. The third kappa shape index (κ3) is 2.06. The van der Waals surface area contributed by atoms with Crippen molar-refractivity contribution in [3.05, 3.63) is 23.9 Å². The van der Waals surface area contributed by atoms with Crippen molar-refractivity contribution < 1.29 is 5.11 Å². The zero-order valence-electron chi connectivity index (χ0n) is 10.5. The number of hydrogen-bond donors (Lipinski definition) is 2. The monoisotopic (exact) mass is 246 g/mol. The Morgan fingerprint density at radius 3 is 3.06 bits per heavy atom. The molecular formula is C13H18N4O. The van der Waals surface area contributed by atoms with E-state index in [0.717, 1.165) is 37.1 Å². The third-order valence-electron chi connectivity index (χ3n) is 3.69. The largest absolute Gasteiger partial charge is 0.393 e. The van der Waals surface area contributed by atoms with E-state index < -0.39 is 0 Å². The highest BCUT2D eigenvalue weighted by molar-refractivity contribution is 5.44. The zero-order chi connectivity index (χ0) is 12.5. The van der Waals surface area contributed by atoms with Gasteiger partial charge in [-0.2, -0.15) is 4.98 Å². The van der Waals surface area contributed by atoms with Crippen molar-refractivity contribution in [1.29, 1.82) is 0 Å². The van der Waals surface area contributed by atoms with E-state index in [-0.39, 0.29) is 6.10 Å². The lowest BCUT2D eigenvalue weighted by Crippen LogP contribution is -2.22. The summed E-state index contributed by atoms with van der Waals surface area (Å²) in [5, 5.41) is 17.4. The maximum absolute atomic E-state index is 9.76. The van der Waals surface area contributed by atoms with E-state index in [1.54, 1.807) is 0 Å². The third-order valence-corrected chi connectivity index (χ3v) is 3.69. The minimum absolute atomic E-state index is 0.170. The molecule has 2 N–H and O–H groups in total. The fourth-order valence-corrected chi connectivity index (χ4v) is 2.59. The van der Waals surface area contributed by atoms with Crippen LogP contribution in [0.4, 0.5) is 5.95 Å². The van der Waals surface area contributed by atoms with E-state index in [0.29, 0.717) is 11.9 Å². The maximum Gasteiger partial charge on any atom is 0.243 e. The molecule has 2 aromatic heterocycles. The van der Waals surface area contributed by atoms with Crippen molar-refractivity contribution in [2.75, 3.05) is 11.9 Å². The molecule has 2 aromatic rings. The van der Waals surface area contributed by atoms with Crippen LogP contribution in [0, 0.1) is 12.8 Å². The van der Waals surface area contributed by atoms with Crippen LogP contribution in [-0.2, 0) is 0 Å². The predicted molar refractivity (Wildman–Crippen MR) is 69.6 cm³/mol. The first-order chi connectivity index (χ1) is 8.74. The second-order valence-electron chi connectivity index (χ2n) is 5.01. The van der Waals surface area contributed by atoms with Crippen LogP contribution in [0.25, 0.3) is 5.65 Å². The van der Waals surface area contributed by atoms with E-state index >= 15 is 0 Å². The van der Waals surface area contributed by atoms with E-state index in [2.05, 4.69) is 15.4 Å². The highest BCUT2D eigenvalue weighted by atomic mass is 16.3. The van der Waals surface area contributed by atoms with Crippen LogP contribution in [0.3, 0.4) is 0 Å². The number of pyridine rings is 1. The molecular weight excluding hydrogens is 228 g/mol. The highest BCUT2D eigenvalue weighted by Gasteiger charge is 2.25. The summed E-state index contributed by atoms with van der Waals surface area (Å²) in [5.74, 6) is 0.973. The fourth-order valence-electron chi connectivity index (χ4n) is 2.59. The molecule has 18 heavy (non-hydrogen) atoms. The van der Waals surface area contributed by atoms with Crippen LogP contribution in [0.1, 0.15) is 25.0 Å². The molecule has 1 aliphatic carbocycles. The van der Waals surface area contributed by atoms with E-state index in [4.69, 9.17) is 0 Å². The van der Waals surface area contributed by atoms with Crippen molar-refractivity contribution in [2.45, 2.75) is 32.3 Å². The van der Waals surface area contributed by atoms with Gasteiger partial charge >= 0.3 is 0 Å². The van der Waals surface area contributed by atoms with Crippen LogP contribution in [0.5, 0.6) is 0 Å². The number of hydrogen-bond acceptors (Lipinski definition) is 4. The lowest BCUT2D eigenvalue weighted by Gasteiger charge is -2.13. The standard InChI is InChI=1S/C13H18N4O/c1-9-4-2-7-12-15-13(16-17(9)12)14-8-10-5-3-6-11(10)18/h2,4,7,10-11,18H,3,5-6,8H2,1H3,(H,14,16). The maximum atomic E-state index is 9.76. The average molecular weight is 246 g/mol. The van der Waals surface area contributed by atoms with Gasteiger partial charge in [0.2, 0.25) is 5.95 Å². The van der Waals surface area contributed by atoms with E-state index in [9.17, 15) is 5.11 Å². The number of aryl methyl sites for hydroxylation is 1. The minimum Gasteiger partial charge on any atom is -0.393 e. The smallest absolute Gasteiger partial charge is 0.243 e. The number of aromatic nitrogens is 3. The number of nitrogens with zero attached hydrogens (tertiary/aromatic N) is 3. The number of rotatable bonds is 3. The van der Waals surface area contributed by atoms with Gasteiger partial charge in [-0.15, -0.1) is 5.10 Å². The molecule has 0 spiro atoms. The van der Waals surface area contributed by atoms with Crippen LogP contribution in [0.15, 0.2) is 18.2 Å². The Kier molecular flexibility index (Phi) is 2.91. The molecule has 5 nitrogen and oxygen atoms in total. The van der Waals surface area contributed by atoms with Gasteiger partial charge < -0.3 is 10.4 Å². The van der Waals surface area contributed by atoms with Gasteiger partial charge in [0.25, 0.3) is 0 Å². The zero-order valence-corrected chi connectivity index (χ0v) is 10.5. The van der Waals surface area contributed by atoms with Crippen LogP contribution in [0.2, 0.25) is 0 Å². The summed E-state index contributed by atoms with van der Waals surface area (Å²) in [6.45, 7) is 2.75. The SMILES string of the molecule is Cc1cccc2nc(NCC3CCCC3O)nn12. The summed E-state index contributed by atoms with van der Waals surface area (Å²) < 4.78 is 1.83. The Balaban J connectivity index is 1.73. The molecule has 0 aromatic carbocycles. The number of aliphatic hydroxyl groups excluding tert-OH is 1. The molecule has 96 valence electrons. The summed E-state index contributed by atoms with van der Waals surface area (Å²) in [7, 11) is 0. The molecule has 2 heterocycles. The molecule has 1 aliphatic rings. The van der Waals surface area contributed by atoms with Crippen molar-refractivity contribution in [3.8, 4) is 0 Å². The lowest BCUT2D eigenvalue weighted by atomic mass is 10.1. The molecule has 0 radical (unpaired) electrons. The summed E-state index contributed by atoms with van der Waals surface area (Å²) in [5.41, 5.74) is 1.92. The number of anilines is 1. The van der Waals surface area contributed by atoms with Crippen molar-refractivity contribution in [3.63, 3.8) is 0 Å². The number of fused-ring (bicyclic) bond motifs is 1. The molecule has 1 saturated carbocycles. The number of aliphatic hydroxyl groups is 1. The first-order valence-electron chi connectivity index (χ1n) is 6.48. The Labute approximate surface area is 106 Å². The molecule has 0 bridgehead atoms. The fraction of sp³-hybridized carbons (Fsp3) is 0.538. The van der Waals surface area contributed by atoms with E-state index in [1.807, 2.05) is 29.6 Å². The quantitative estimate of drug-likeness (QED) is 0.863. The van der Waals surface area contributed by atoms with Gasteiger partial charge in [-0.25, -0.2) is 4.52 Å². The van der Waals surface area contributed by atoms with Gasteiger partial charge in [-0.3, -0.25) is 0 Å². The van der Waals surface area contributed by atoms with Gasteiger partial charge in [0.1, 0.15) is 0 Å². The Hall–Kier alpha value is -1.62. The van der Waals surface area contributed by atoms with Gasteiger partial charge in [0.05, 0.1) is 6.10 Å². The molecule has 2 atom stereocenters. The van der Waals surface area contributed by atoms with Gasteiger partial charge in [-0.1, -0.05) is 12.5 Å². The highest BCUT2D eigenvalue weighted by Crippen LogP contribution is 2.25. The topological polar surface area (TPSA) is 62.5 Å². The molecule has 2 unspecified atom stereocenters. The second kappa shape index (κ2) is 4.57. The molecule has 0 amide bonds. The minimum atomic E-state index is -0.170. The average Bonchev–Trinajstić information content (AvgIpc) is 2.93. The predicted octanol–water partition coefficient (Wildman–Crippen LogP) is 1.61. The van der Waals surface area contributed by atoms with Crippen LogP contribution >= 0.6 is 0 Å². The Morgan fingerprint density at radius 1 is 1.44 bits per heavy atom. The second-order valence-corrected chi connectivity index (χ2v) is 5.01. The Bertz CT molecular complexity index is 551. The Morgan fingerprint density at radius 2 is 2.33 bits per heavy atom. The molecule has 1 fully saturated rings. The molecule has 0 aliphatic heterocycles. The summed E-state index contributed by atoms with van der Waals surface area (Å²) in [4.78, 5) is 4.42. The first kappa shape index (κ1) is 11.5.